The highest BCUT2D eigenvalue weighted by atomic mass is 35.5. The van der Waals surface area contributed by atoms with Gasteiger partial charge in [-0.15, -0.1) is 0 Å². The zero-order chi connectivity index (χ0) is 13.9. The van der Waals surface area contributed by atoms with Crippen LogP contribution in [0, 0.1) is 0 Å². The molecule has 1 atom stereocenters. The molecule has 0 amide bonds. The number of hydrogen-bond acceptors (Lipinski definition) is 2. The SMILES string of the molecule is CCOc1cccc(C(C)(N)c2ccc(Cl)cc2)c1. The van der Waals surface area contributed by atoms with Gasteiger partial charge in [0, 0.05) is 5.02 Å². The molecule has 2 nitrogen and oxygen atoms in total. The first kappa shape index (κ1) is 13.9. The van der Waals surface area contributed by atoms with Crippen molar-refractivity contribution in [2.45, 2.75) is 19.4 Å². The fraction of sp³-hybridized carbons (Fsp3) is 0.250. The molecule has 0 radical (unpaired) electrons. The highest BCUT2D eigenvalue weighted by Gasteiger charge is 2.23. The molecule has 0 aliphatic rings. The summed E-state index contributed by atoms with van der Waals surface area (Å²) in [6.07, 6.45) is 0. The number of rotatable bonds is 4. The summed E-state index contributed by atoms with van der Waals surface area (Å²) in [5.41, 5.74) is 7.94. The quantitative estimate of drug-likeness (QED) is 0.917. The average molecular weight is 276 g/mol. The normalized spacial score (nSPS) is 13.9. The molecule has 0 saturated carbocycles. The van der Waals surface area contributed by atoms with Gasteiger partial charge in [0.05, 0.1) is 12.1 Å². The Balaban J connectivity index is 2.37. The van der Waals surface area contributed by atoms with Gasteiger partial charge in [0.25, 0.3) is 0 Å². The highest BCUT2D eigenvalue weighted by Crippen LogP contribution is 2.29. The summed E-state index contributed by atoms with van der Waals surface area (Å²) in [6.45, 7) is 4.60. The van der Waals surface area contributed by atoms with Crippen LogP contribution in [0.25, 0.3) is 0 Å². The summed E-state index contributed by atoms with van der Waals surface area (Å²) in [5, 5.41) is 0.711. The van der Waals surface area contributed by atoms with Crippen molar-refractivity contribution in [1.29, 1.82) is 0 Å². The fourth-order valence-corrected chi connectivity index (χ4v) is 2.16. The molecule has 0 saturated heterocycles. The third kappa shape index (κ3) is 3.09. The molecule has 2 aromatic carbocycles. The summed E-state index contributed by atoms with van der Waals surface area (Å²) in [6, 6.07) is 15.5. The van der Waals surface area contributed by atoms with Crippen molar-refractivity contribution in [3.63, 3.8) is 0 Å². The standard InChI is InChI=1S/C16H18ClNO/c1-3-19-15-6-4-5-13(11-15)16(2,18)12-7-9-14(17)10-8-12/h4-11H,3,18H2,1-2H3. The summed E-state index contributed by atoms with van der Waals surface area (Å²) >= 11 is 5.91. The highest BCUT2D eigenvalue weighted by molar-refractivity contribution is 6.30. The van der Waals surface area contributed by atoms with Crippen molar-refractivity contribution in [3.8, 4) is 5.75 Å². The first-order valence-electron chi connectivity index (χ1n) is 6.32. The topological polar surface area (TPSA) is 35.2 Å². The molecule has 19 heavy (non-hydrogen) atoms. The molecule has 0 aliphatic carbocycles. The lowest BCUT2D eigenvalue weighted by Gasteiger charge is -2.26. The minimum atomic E-state index is -0.572. The summed E-state index contributed by atoms with van der Waals surface area (Å²) < 4.78 is 5.52. The van der Waals surface area contributed by atoms with Crippen LogP contribution in [0.2, 0.25) is 5.02 Å². The molecular weight excluding hydrogens is 258 g/mol. The van der Waals surface area contributed by atoms with Crippen molar-refractivity contribution >= 4 is 11.6 Å². The van der Waals surface area contributed by atoms with E-state index >= 15 is 0 Å². The van der Waals surface area contributed by atoms with Crippen LogP contribution in [-0.2, 0) is 5.54 Å². The van der Waals surface area contributed by atoms with Crippen LogP contribution in [0.1, 0.15) is 25.0 Å². The third-order valence-corrected chi connectivity index (χ3v) is 3.44. The van der Waals surface area contributed by atoms with Crippen molar-refractivity contribution in [2.75, 3.05) is 6.61 Å². The number of nitrogens with two attached hydrogens (primary N) is 1. The Hall–Kier alpha value is -1.51. The lowest BCUT2D eigenvalue weighted by Crippen LogP contribution is -2.34. The summed E-state index contributed by atoms with van der Waals surface area (Å²) in [5.74, 6) is 0.839. The molecule has 0 aromatic heterocycles. The van der Waals surface area contributed by atoms with E-state index in [-0.39, 0.29) is 0 Å². The van der Waals surface area contributed by atoms with Crippen LogP contribution in [0.4, 0.5) is 0 Å². The van der Waals surface area contributed by atoms with Gasteiger partial charge in [-0.1, -0.05) is 35.9 Å². The molecule has 1 unspecified atom stereocenters. The van der Waals surface area contributed by atoms with Gasteiger partial charge in [0.1, 0.15) is 5.75 Å². The largest absolute Gasteiger partial charge is 0.494 e. The number of hydrogen-bond donors (Lipinski definition) is 1. The van der Waals surface area contributed by atoms with E-state index in [0.29, 0.717) is 11.6 Å². The second kappa shape index (κ2) is 5.64. The molecule has 3 heteroatoms. The lowest BCUT2D eigenvalue weighted by molar-refractivity contribution is 0.339. The molecule has 100 valence electrons. The molecule has 2 aromatic rings. The van der Waals surface area contributed by atoms with E-state index in [1.807, 2.05) is 62.4 Å². The predicted octanol–water partition coefficient (Wildman–Crippen LogP) is 3.96. The summed E-state index contributed by atoms with van der Waals surface area (Å²) in [7, 11) is 0. The van der Waals surface area contributed by atoms with Crippen LogP contribution in [0.15, 0.2) is 48.5 Å². The van der Waals surface area contributed by atoms with E-state index in [4.69, 9.17) is 22.1 Å². The number of benzene rings is 2. The Labute approximate surface area is 119 Å². The molecule has 0 bridgehead atoms. The Morgan fingerprint density at radius 2 is 1.79 bits per heavy atom. The molecule has 0 fully saturated rings. The first-order chi connectivity index (χ1) is 9.04. The van der Waals surface area contributed by atoms with Crippen LogP contribution < -0.4 is 10.5 Å². The van der Waals surface area contributed by atoms with Crippen LogP contribution in [-0.4, -0.2) is 6.61 Å². The molecule has 2 rings (SSSR count). The predicted molar refractivity (Wildman–Crippen MR) is 79.7 cm³/mol. The van der Waals surface area contributed by atoms with E-state index in [2.05, 4.69) is 0 Å². The molecule has 0 aliphatic heterocycles. The zero-order valence-electron chi connectivity index (χ0n) is 11.2. The summed E-state index contributed by atoms with van der Waals surface area (Å²) in [4.78, 5) is 0. The van der Waals surface area contributed by atoms with Gasteiger partial charge in [0.15, 0.2) is 0 Å². The minimum absolute atomic E-state index is 0.572. The number of halogens is 1. The van der Waals surface area contributed by atoms with E-state index in [1.165, 1.54) is 0 Å². The van der Waals surface area contributed by atoms with Gasteiger partial charge >= 0.3 is 0 Å². The second-order valence-corrected chi connectivity index (χ2v) is 5.11. The molecular formula is C16H18ClNO. The zero-order valence-corrected chi connectivity index (χ0v) is 11.9. The molecule has 0 spiro atoms. The van der Waals surface area contributed by atoms with E-state index in [0.717, 1.165) is 16.9 Å². The van der Waals surface area contributed by atoms with Gasteiger partial charge < -0.3 is 10.5 Å². The Bertz CT molecular complexity index is 549. The van der Waals surface area contributed by atoms with Crippen molar-refractivity contribution < 1.29 is 4.74 Å². The Kier molecular flexibility index (Phi) is 4.13. The lowest BCUT2D eigenvalue weighted by atomic mass is 9.86. The Morgan fingerprint density at radius 1 is 1.11 bits per heavy atom. The van der Waals surface area contributed by atoms with Gasteiger partial charge in [-0.2, -0.15) is 0 Å². The van der Waals surface area contributed by atoms with Crippen molar-refractivity contribution in [2.24, 2.45) is 5.73 Å². The van der Waals surface area contributed by atoms with E-state index in [9.17, 15) is 0 Å². The van der Waals surface area contributed by atoms with Gasteiger partial charge in [-0.25, -0.2) is 0 Å². The minimum Gasteiger partial charge on any atom is -0.494 e. The molecule has 2 N–H and O–H groups in total. The van der Waals surface area contributed by atoms with Crippen LogP contribution in [0.3, 0.4) is 0 Å². The second-order valence-electron chi connectivity index (χ2n) is 4.67. The first-order valence-corrected chi connectivity index (χ1v) is 6.70. The smallest absolute Gasteiger partial charge is 0.119 e. The van der Waals surface area contributed by atoms with E-state index in [1.54, 1.807) is 0 Å². The van der Waals surface area contributed by atoms with Gasteiger partial charge in [-0.05, 0) is 49.2 Å². The molecule has 0 heterocycles. The average Bonchev–Trinajstić information content (AvgIpc) is 2.40. The number of ether oxygens (including phenoxy) is 1. The Morgan fingerprint density at radius 3 is 2.42 bits per heavy atom. The monoisotopic (exact) mass is 275 g/mol. The van der Waals surface area contributed by atoms with E-state index < -0.39 is 5.54 Å². The maximum Gasteiger partial charge on any atom is 0.119 e. The van der Waals surface area contributed by atoms with Crippen molar-refractivity contribution in [1.82, 2.24) is 0 Å². The maximum absolute atomic E-state index is 6.48. The van der Waals surface area contributed by atoms with Gasteiger partial charge in [0.2, 0.25) is 0 Å². The van der Waals surface area contributed by atoms with Crippen LogP contribution in [0.5, 0.6) is 5.75 Å². The maximum atomic E-state index is 6.48. The van der Waals surface area contributed by atoms with Crippen LogP contribution >= 0.6 is 11.6 Å². The van der Waals surface area contributed by atoms with Crippen molar-refractivity contribution in [3.05, 3.63) is 64.7 Å². The third-order valence-electron chi connectivity index (χ3n) is 3.19. The fourth-order valence-electron chi connectivity index (χ4n) is 2.04. The van der Waals surface area contributed by atoms with Gasteiger partial charge in [-0.3, -0.25) is 0 Å².